The fourth-order valence-corrected chi connectivity index (χ4v) is 2.97. The second-order valence-electron chi connectivity index (χ2n) is 5.06. The number of Topliss-reactive ketones (excluding diaryl/α,β-unsaturated/α-hetero) is 1. The minimum atomic E-state index is -1.06. The van der Waals surface area contributed by atoms with E-state index in [4.69, 9.17) is 10.00 Å². The van der Waals surface area contributed by atoms with Gasteiger partial charge in [0.25, 0.3) is 0 Å². The van der Waals surface area contributed by atoms with E-state index >= 15 is 0 Å². The second-order valence-corrected chi connectivity index (χ2v) is 5.06. The number of ether oxygens (including phenoxy) is 1. The van der Waals surface area contributed by atoms with Crippen LogP contribution in [0.1, 0.15) is 33.1 Å². The third kappa shape index (κ3) is 1.38. The van der Waals surface area contributed by atoms with E-state index in [-0.39, 0.29) is 17.4 Å². The number of piperidine rings is 1. The van der Waals surface area contributed by atoms with Gasteiger partial charge in [-0.1, -0.05) is 0 Å². The molecule has 0 aliphatic carbocycles. The van der Waals surface area contributed by atoms with E-state index in [9.17, 15) is 9.59 Å². The molecule has 1 saturated heterocycles. The number of fused-ring (bicyclic) bond motifs is 1. The molecular weight excluding hydrogens is 232 g/mol. The van der Waals surface area contributed by atoms with E-state index in [0.29, 0.717) is 19.3 Å². The number of ketones is 1. The molecule has 96 valence electrons. The molecule has 5 heteroatoms. The first kappa shape index (κ1) is 12.6. The van der Waals surface area contributed by atoms with Crippen molar-refractivity contribution < 1.29 is 14.3 Å². The summed E-state index contributed by atoms with van der Waals surface area (Å²) in [6, 6.07) is 1.94. The normalized spacial score (nSPS) is 35.1. The molecule has 2 atom stereocenters. The molecule has 2 rings (SSSR count). The maximum absolute atomic E-state index is 12.1. The summed E-state index contributed by atoms with van der Waals surface area (Å²) in [5, 5.41) is 8.94. The van der Waals surface area contributed by atoms with Gasteiger partial charge in [0, 0.05) is 13.5 Å². The van der Waals surface area contributed by atoms with E-state index in [1.54, 1.807) is 20.0 Å². The monoisotopic (exact) mass is 248 g/mol. The SMILES string of the molecule is CC(=O)C12CC=C(C#N)OC1(C)N(C)C(=O)CC2. The third-order valence-corrected chi connectivity index (χ3v) is 4.40. The number of hydrogen-bond donors (Lipinski definition) is 0. The zero-order valence-electron chi connectivity index (χ0n) is 10.8. The fourth-order valence-electron chi connectivity index (χ4n) is 2.97. The van der Waals surface area contributed by atoms with Crippen LogP contribution < -0.4 is 0 Å². The van der Waals surface area contributed by atoms with Gasteiger partial charge in [0.15, 0.2) is 11.5 Å². The molecular formula is C13H16N2O3. The van der Waals surface area contributed by atoms with Gasteiger partial charge in [0.1, 0.15) is 11.9 Å². The zero-order chi connectivity index (χ0) is 13.6. The second kappa shape index (κ2) is 3.84. The number of hydrogen-bond acceptors (Lipinski definition) is 4. The molecule has 0 aromatic heterocycles. The standard InChI is InChI=1S/C13H16N2O3/c1-9(16)13-6-4-10(8-14)18-12(13,2)15(3)11(17)5-7-13/h4H,5-7H2,1-3H3. The van der Waals surface area contributed by atoms with Crippen LogP contribution in [-0.2, 0) is 14.3 Å². The first-order valence-corrected chi connectivity index (χ1v) is 5.94. The molecule has 2 aliphatic rings. The Morgan fingerprint density at radius 1 is 1.61 bits per heavy atom. The van der Waals surface area contributed by atoms with Crippen molar-refractivity contribution in [2.24, 2.45) is 5.41 Å². The molecule has 0 bridgehead atoms. The van der Waals surface area contributed by atoms with E-state index in [1.165, 1.54) is 11.8 Å². The Kier molecular flexibility index (Phi) is 2.69. The predicted molar refractivity (Wildman–Crippen MR) is 62.9 cm³/mol. The molecule has 0 saturated carbocycles. The van der Waals surface area contributed by atoms with Gasteiger partial charge in [0.05, 0.1) is 5.41 Å². The van der Waals surface area contributed by atoms with Crippen molar-refractivity contribution in [1.82, 2.24) is 4.90 Å². The van der Waals surface area contributed by atoms with E-state index in [2.05, 4.69) is 0 Å². The lowest BCUT2D eigenvalue weighted by Gasteiger charge is -2.55. The fraction of sp³-hybridized carbons (Fsp3) is 0.615. The molecule has 2 heterocycles. The largest absolute Gasteiger partial charge is 0.457 e. The summed E-state index contributed by atoms with van der Waals surface area (Å²) in [6.45, 7) is 3.24. The summed E-state index contributed by atoms with van der Waals surface area (Å²) in [6.07, 6.45) is 2.90. The Bertz CT molecular complexity index is 491. The third-order valence-electron chi connectivity index (χ3n) is 4.40. The summed E-state index contributed by atoms with van der Waals surface area (Å²) in [7, 11) is 1.62. The molecule has 0 aromatic carbocycles. The van der Waals surface area contributed by atoms with Gasteiger partial charge in [-0.3, -0.25) is 9.59 Å². The molecule has 2 aliphatic heterocycles. The summed E-state index contributed by atoms with van der Waals surface area (Å²) < 4.78 is 5.66. The topological polar surface area (TPSA) is 70.4 Å². The van der Waals surface area contributed by atoms with Gasteiger partial charge >= 0.3 is 0 Å². The summed E-state index contributed by atoms with van der Waals surface area (Å²) >= 11 is 0. The first-order chi connectivity index (χ1) is 8.37. The lowest BCUT2D eigenvalue weighted by atomic mass is 9.65. The smallest absolute Gasteiger partial charge is 0.225 e. The number of allylic oxidation sites excluding steroid dienone is 2. The first-order valence-electron chi connectivity index (χ1n) is 5.94. The van der Waals surface area contributed by atoms with Crippen molar-refractivity contribution >= 4 is 11.7 Å². The van der Waals surface area contributed by atoms with Gasteiger partial charge < -0.3 is 9.64 Å². The van der Waals surface area contributed by atoms with E-state index < -0.39 is 11.1 Å². The number of nitriles is 1. The van der Waals surface area contributed by atoms with Crippen LogP contribution in [0.5, 0.6) is 0 Å². The van der Waals surface area contributed by atoms with Crippen molar-refractivity contribution in [3.05, 3.63) is 11.8 Å². The van der Waals surface area contributed by atoms with Crippen LogP contribution in [-0.4, -0.2) is 29.4 Å². The zero-order valence-corrected chi connectivity index (χ0v) is 10.8. The lowest BCUT2D eigenvalue weighted by molar-refractivity contribution is -0.214. The molecule has 1 fully saturated rings. The summed E-state index contributed by atoms with van der Waals surface area (Å²) in [4.78, 5) is 25.4. The average Bonchev–Trinajstić information content (AvgIpc) is 2.34. The maximum Gasteiger partial charge on any atom is 0.225 e. The number of amides is 1. The lowest BCUT2D eigenvalue weighted by Crippen LogP contribution is -2.66. The Hall–Kier alpha value is -1.83. The van der Waals surface area contributed by atoms with Crippen LogP contribution in [0.3, 0.4) is 0 Å². The van der Waals surface area contributed by atoms with Crippen molar-refractivity contribution in [3.63, 3.8) is 0 Å². The maximum atomic E-state index is 12.1. The van der Waals surface area contributed by atoms with Crippen molar-refractivity contribution in [1.29, 1.82) is 5.26 Å². The Morgan fingerprint density at radius 2 is 2.28 bits per heavy atom. The Morgan fingerprint density at radius 3 is 2.83 bits per heavy atom. The van der Waals surface area contributed by atoms with Crippen molar-refractivity contribution in [2.75, 3.05) is 7.05 Å². The molecule has 18 heavy (non-hydrogen) atoms. The van der Waals surface area contributed by atoms with E-state index in [1.807, 2.05) is 6.07 Å². The van der Waals surface area contributed by atoms with Crippen LogP contribution in [0.2, 0.25) is 0 Å². The minimum absolute atomic E-state index is 0.00223. The van der Waals surface area contributed by atoms with Gasteiger partial charge in [0.2, 0.25) is 5.91 Å². The average molecular weight is 248 g/mol. The highest BCUT2D eigenvalue weighted by atomic mass is 16.5. The van der Waals surface area contributed by atoms with E-state index in [0.717, 1.165) is 0 Å². The van der Waals surface area contributed by atoms with Gasteiger partial charge in [-0.15, -0.1) is 0 Å². The van der Waals surface area contributed by atoms with Crippen LogP contribution in [0.15, 0.2) is 11.8 Å². The summed E-state index contributed by atoms with van der Waals surface area (Å²) in [5.74, 6) is 0.113. The molecule has 0 N–H and O–H groups in total. The minimum Gasteiger partial charge on any atom is -0.457 e. The highest BCUT2D eigenvalue weighted by molar-refractivity contribution is 5.88. The van der Waals surface area contributed by atoms with Crippen LogP contribution in [0.4, 0.5) is 0 Å². The summed E-state index contributed by atoms with van der Waals surface area (Å²) in [5.41, 5.74) is -1.80. The number of carbonyl (C=O) groups excluding carboxylic acids is 2. The molecule has 2 unspecified atom stereocenters. The number of likely N-dealkylation sites (tertiary alicyclic amines) is 1. The number of rotatable bonds is 1. The van der Waals surface area contributed by atoms with Gasteiger partial charge in [-0.25, -0.2) is 0 Å². The van der Waals surface area contributed by atoms with Crippen LogP contribution in [0, 0.1) is 16.7 Å². The quantitative estimate of drug-likeness (QED) is 0.702. The number of nitrogens with zero attached hydrogens (tertiary/aromatic N) is 2. The highest BCUT2D eigenvalue weighted by Crippen LogP contribution is 2.51. The molecule has 0 spiro atoms. The van der Waals surface area contributed by atoms with Gasteiger partial charge in [-0.2, -0.15) is 5.26 Å². The Balaban J connectivity index is 2.55. The highest BCUT2D eigenvalue weighted by Gasteiger charge is 2.61. The van der Waals surface area contributed by atoms with Crippen LogP contribution in [0.25, 0.3) is 0 Å². The Labute approximate surface area is 106 Å². The molecule has 5 nitrogen and oxygen atoms in total. The molecule has 1 amide bonds. The molecule has 0 radical (unpaired) electrons. The number of carbonyl (C=O) groups is 2. The van der Waals surface area contributed by atoms with Crippen molar-refractivity contribution in [3.8, 4) is 6.07 Å². The van der Waals surface area contributed by atoms with Gasteiger partial charge in [-0.05, 0) is 32.8 Å². The van der Waals surface area contributed by atoms with Crippen LogP contribution >= 0.6 is 0 Å². The molecule has 0 aromatic rings. The predicted octanol–water partition coefficient (Wildman–Crippen LogP) is 1.36. The van der Waals surface area contributed by atoms with Crippen molar-refractivity contribution in [2.45, 2.75) is 38.8 Å².